The lowest BCUT2D eigenvalue weighted by Gasteiger charge is -2.12. The van der Waals surface area contributed by atoms with Crippen LogP contribution in [0.2, 0.25) is 0 Å². The molecular formula is C21H19FN2. The zero-order valence-electron chi connectivity index (χ0n) is 13.7. The van der Waals surface area contributed by atoms with E-state index in [2.05, 4.69) is 48.6 Å². The van der Waals surface area contributed by atoms with Crippen molar-refractivity contribution < 1.29 is 4.39 Å². The average molecular weight is 318 g/mol. The lowest BCUT2D eigenvalue weighted by Crippen LogP contribution is -1.98. The zero-order chi connectivity index (χ0) is 17.1. The summed E-state index contributed by atoms with van der Waals surface area (Å²) >= 11 is 0. The highest BCUT2D eigenvalue weighted by Gasteiger charge is 2.06. The summed E-state index contributed by atoms with van der Waals surface area (Å²) in [6.07, 6.45) is 1.16. The van der Waals surface area contributed by atoms with Crippen molar-refractivity contribution in [3.05, 3.63) is 83.2 Å². The molecule has 2 N–H and O–H groups in total. The largest absolute Gasteiger partial charge is 0.355 e. The molecule has 3 heteroatoms. The van der Waals surface area contributed by atoms with Crippen LogP contribution in [0.25, 0.3) is 11.1 Å². The Morgan fingerprint density at radius 3 is 2.33 bits per heavy atom. The van der Waals surface area contributed by atoms with Crippen LogP contribution in [0.3, 0.4) is 0 Å². The number of anilines is 2. The maximum atomic E-state index is 13.6. The number of hydrogen-bond donors (Lipinski definition) is 2. The summed E-state index contributed by atoms with van der Waals surface area (Å²) in [6, 6.07) is 19.6. The van der Waals surface area contributed by atoms with E-state index in [1.807, 2.05) is 12.1 Å². The average Bonchev–Trinajstić information content (AvgIpc) is 2.58. The van der Waals surface area contributed by atoms with Gasteiger partial charge in [-0.1, -0.05) is 42.0 Å². The predicted octanol–water partition coefficient (Wildman–Crippen LogP) is 5.85. The van der Waals surface area contributed by atoms with Crippen LogP contribution in [0, 0.1) is 25.1 Å². The molecule has 0 saturated heterocycles. The highest BCUT2D eigenvalue weighted by molar-refractivity contribution is 5.87. The third-order valence-corrected chi connectivity index (χ3v) is 4.00. The van der Waals surface area contributed by atoms with Gasteiger partial charge in [0.25, 0.3) is 0 Å². The topological polar surface area (TPSA) is 35.9 Å². The van der Waals surface area contributed by atoms with Crippen molar-refractivity contribution in [2.24, 2.45) is 0 Å². The molecule has 0 heterocycles. The fourth-order valence-corrected chi connectivity index (χ4v) is 2.65. The van der Waals surface area contributed by atoms with Gasteiger partial charge in [0.05, 0.1) is 0 Å². The predicted molar refractivity (Wildman–Crippen MR) is 98.9 cm³/mol. The molecule has 24 heavy (non-hydrogen) atoms. The highest BCUT2D eigenvalue weighted by atomic mass is 19.1. The van der Waals surface area contributed by atoms with Crippen LogP contribution < -0.4 is 5.32 Å². The Kier molecular flexibility index (Phi) is 4.43. The third kappa shape index (κ3) is 3.35. The molecule has 0 atom stereocenters. The lowest BCUT2D eigenvalue weighted by atomic mass is 10.0. The van der Waals surface area contributed by atoms with Crippen LogP contribution in [-0.4, -0.2) is 6.21 Å². The van der Waals surface area contributed by atoms with E-state index >= 15 is 0 Å². The number of benzene rings is 3. The van der Waals surface area contributed by atoms with Gasteiger partial charge < -0.3 is 10.7 Å². The van der Waals surface area contributed by atoms with E-state index in [1.54, 1.807) is 13.0 Å². The second-order valence-electron chi connectivity index (χ2n) is 5.90. The second kappa shape index (κ2) is 6.67. The molecule has 0 spiro atoms. The van der Waals surface area contributed by atoms with Crippen molar-refractivity contribution in [3.63, 3.8) is 0 Å². The summed E-state index contributed by atoms with van der Waals surface area (Å²) in [5, 5.41) is 10.7. The Bertz CT molecular complexity index is 883. The third-order valence-electron chi connectivity index (χ3n) is 4.00. The molecule has 0 unspecified atom stereocenters. The van der Waals surface area contributed by atoms with Gasteiger partial charge in [-0.2, -0.15) is 0 Å². The summed E-state index contributed by atoms with van der Waals surface area (Å²) in [7, 11) is 0. The second-order valence-corrected chi connectivity index (χ2v) is 5.90. The van der Waals surface area contributed by atoms with Gasteiger partial charge >= 0.3 is 0 Å². The quantitative estimate of drug-likeness (QED) is 0.581. The minimum atomic E-state index is -0.297. The minimum absolute atomic E-state index is 0.297. The highest BCUT2D eigenvalue weighted by Crippen LogP contribution is 2.26. The molecule has 3 aromatic carbocycles. The minimum Gasteiger partial charge on any atom is -0.355 e. The molecule has 3 rings (SSSR count). The summed E-state index contributed by atoms with van der Waals surface area (Å²) in [5.41, 5.74) is 6.27. The van der Waals surface area contributed by atoms with Gasteiger partial charge in [0.1, 0.15) is 5.82 Å². The number of hydrogen-bond acceptors (Lipinski definition) is 2. The maximum Gasteiger partial charge on any atom is 0.126 e. The number of rotatable bonds is 4. The first-order chi connectivity index (χ1) is 11.6. The van der Waals surface area contributed by atoms with Crippen molar-refractivity contribution in [1.29, 1.82) is 5.41 Å². The standard InChI is InChI=1S/C21H19FN2/c1-14-4-3-5-17(10-14)16-6-8-19(9-7-16)24-21-11-15(2)20(22)12-18(21)13-23/h3-13,23-24H,1-2H3. The smallest absolute Gasteiger partial charge is 0.126 e. The van der Waals surface area contributed by atoms with Gasteiger partial charge in [-0.15, -0.1) is 0 Å². The summed E-state index contributed by atoms with van der Waals surface area (Å²) in [5.74, 6) is -0.297. The summed E-state index contributed by atoms with van der Waals surface area (Å²) < 4.78 is 13.6. The molecule has 0 saturated carbocycles. The van der Waals surface area contributed by atoms with E-state index in [0.717, 1.165) is 23.2 Å². The van der Waals surface area contributed by atoms with Gasteiger partial charge in [0, 0.05) is 23.2 Å². The molecule has 0 aromatic heterocycles. The maximum absolute atomic E-state index is 13.6. The molecular weight excluding hydrogens is 299 g/mol. The van der Waals surface area contributed by atoms with Crippen LogP contribution in [0.15, 0.2) is 60.7 Å². The normalized spacial score (nSPS) is 10.5. The van der Waals surface area contributed by atoms with Crippen molar-refractivity contribution in [2.45, 2.75) is 13.8 Å². The van der Waals surface area contributed by atoms with E-state index < -0.39 is 0 Å². The number of nitrogens with one attached hydrogen (secondary N) is 2. The molecule has 0 aliphatic rings. The monoisotopic (exact) mass is 318 g/mol. The molecule has 120 valence electrons. The molecule has 0 fully saturated rings. The Labute approximate surface area is 141 Å². The van der Waals surface area contributed by atoms with Gasteiger partial charge in [-0.3, -0.25) is 0 Å². The van der Waals surface area contributed by atoms with Crippen LogP contribution in [-0.2, 0) is 0 Å². The van der Waals surface area contributed by atoms with Gasteiger partial charge in [-0.25, -0.2) is 4.39 Å². The van der Waals surface area contributed by atoms with E-state index in [4.69, 9.17) is 5.41 Å². The number of aryl methyl sites for hydroxylation is 2. The molecule has 0 aliphatic heterocycles. The van der Waals surface area contributed by atoms with Crippen LogP contribution in [0.5, 0.6) is 0 Å². The fraction of sp³-hybridized carbons (Fsp3) is 0.0952. The number of halogens is 1. The molecule has 3 aromatic rings. The van der Waals surface area contributed by atoms with Crippen molar-refractivity contribution in [2.75, 3.05) is 5.32 Å². The summed E-state index contributed by atoms with van der Waals surface area (Å²) in [4.78, 5) is 0. The first-order valence-corrected chi connectivity index (χ1v) is 7.81. The van der Waals surface area contributed by atoms with Crippen LogP contribution >= 0.6 is 0 Å². The van der Waals surface area contributed by atoms with E-state index in [9.17, 15) is 4.39 Å². The summed E-state index contributed by atoms with van der Waals surface area (Å²) in [6.45, 7) is 3.80. The van der Waals surface area contributed by atoms with E-state index in [-0.39, 0.29) is 5.82 Å². The molecule has 0 radical (unpaired) electrons. The van der Waals surface area contributed by atoms with Crippen LogP contribution in [0.4, 0.5) is 15.8 Å². The van der Waals surface area contributed by atoms with Gasteiger partial charge in [-0.05, 0) is 54.8 Å². The molecule has 0 aliphatic carbocycles. The van der Waals surface area contributed by atoms with Crippen molar-refractivity contribution in [3.8, 4) is 11.1 Å². The van der Waals surface area contributed by atoms with Crippen molar-refractivity contribution >= 4 is 17.6 Å². The molecule has 0 bridgehead atoms. The first-order valence-electron chi connectivity index (χ1n) is 7.81. The Hall–Kier alpha value is -2.94. The molecule has 0 amide bonds. The lowest BCUT2D eigenvalue weighted by molar-refractivity contribution is 0.618. The SMILES string of the molecule is Cc1cccc(-c2ccc(Nc3cc(C)c(F)cc3C=N)cc2)c1. The molecule has 2 nitrogen and oxygen atoms in total. The fourth-order valence-electron chi connectivity index (χ4n) is 2.65. The Morgan fingerprint density at radius 1 is 0.917 bits per heavy atom. The van der Waals surface area contributed by atoms with Crippen LogP contribution in [0.1, 0.15) is 16.7 Å². The zero-order valence-corrected chi connectivity index (χ0v) is 13.7. The van der Waals surface area contributed by atoms with Crippen molar-refractivity contribution in [1.82, 2.24) is 0 Å². The Morgan fingerprint density at radius 2 is 1.67 bits per heavy atom. The Balaban J connectivity index is 1.87. The van der Waals surface area contributed by atoms with Gasteiger partial charge in [0.2, 0.25) is 0 Å². The van der Waals surface area contributed by atoms with Gasteiger partial charge in [0.15, 0.2) is 0 Å². The first kappa shape index (κ1) is 15.9. The van der Waals surface area contributed by atoms with E-state index in [1.165, 1.54) is 17.2 Å². The van der Waals surface area contributed by atoms with E-state index in [0.29, 0.717) is 11.1 Å².